The molecule has 30 heavy (non-hydrogen) atoms. The van der Waals surface area contributed by atoms with Gasteiger partial charge >= 0.3 is 6.03 Å². The van der Waals surface area contributed by atoms with E-state index in [1.807, 2.05) is 50.2 Å². The molecule has 1 saturated carbocycles. The molecule has 0 spiro atoms. The number of nitrogens with zero attached hydrogens (tertiary/aromatic N) is 3. The van der Waals surface area contributed by atoms with Gasteiger partial charge in [0.05, 0.1) is 12.8 Å². The minimum Gasteiger partial charge on any atom is -0.495 e. The summed E-state index contributed by atoms with van der Waals surface area (Å²) in [5, 5.41) is 9.34. The van der Waals surface area contributed by atoms with E-state index in [0.717, 1.165) is 37.1 Å². The van der Waals surface area contributed by atoms with E-state index in [1.54, 1.807) is 13.3 Å². The normalized spacial score (nSPS) is 18.4. The molecule has 1 heterocycles. The first kappa shape index (κ1) is 21.7. The Morgan fingerprint density at radius 2 is 1.97 bits per heavy atom. The number of rotatable bonds is 7. The minimum atomic E-state index is -0.201. The van der Waals surface area contributed by atoms with Gasteiger partial charge < -0.3 is 25.6 Å². The molecule has 0 aliphatic heterocycles. The van der Waals surface area contributed by atoms with E-state index in [4.69, 9.17) is 4.74 Å². The average molecular weight is 413 g/mol. The Labute approximate surface area is 178 Å². The fraction of sp³-hybridized carbons (Fsp3) is 0.500. The van der Waals surface area contributed by atoms with Gasteiger partial charge in [-0.3, -0.25) is 0 Å². The highest BCUT2D eigenvalue weighted by Crippen LogP contribution is 2.27. The summed E-state index contributed by atoms with van der Waals surface area (Å²) in [7, 11) is 5.53. The Morgan fingerprint density at radius 3 is 2.67 bits per heavy atom. The Balaban J connectivity index is 1.42. The number of aromatic nitrogens is 2. The number of ether oxygens (including phenoxy) is 1. The number of anilines is 3. The monoisotopic (exact) mass is 412 g/mol. The van der Waals surface area contributed by atoms with E-state index in [0.29, 0.717) is 35.9 Å². The molecule has 3 rings (SSSR count). The highest BCUT2D eigenvalue weighted by Gasteiger charge is 2.22. The van der Waals surface area contributed by atoms with Crippen LogP contribution in [0.25, 0.3) is 0 Å². The molecule has 162 valence electrons. The third kappa shape index (κ3) is 5.98. The number of methoxy groups -OCH3 is 1. The van der Waals surface area contributed by atoms with Crippen molar-refractivity contribution in [3.8, 4) is 5.75 Å². The Bertz CT molecular complexity index is 849. The predicted octanol–water partition coefficient (Wildman–Crippen LogP) is 3.65. The number of carbonyl (C=O) groups excluding carboxylic acids is 1. The first-order valence-electron chi connectivity index (χ1n) is 10.4. The van der Waals surface area contributed by atoms with Crippen LogP contribution in [0.3, 0.4) is 0 Å². The van der Waals surface area contributed by atoms with Gasteiger partial charge in [-0.05, 0) is 62.3 Å². The van der Waals surface area contributed by atoms with Crippen LogP contribution in [0.15, 0.2) is 30.5 Å². The molecule has 8 nitrogen and oxygen atoms in total. The summed E-state index contributed by atoms with van der Waals surface area (Å²) < 4.78 is 5.31. The largest absolute Gasteiger partial charge is 0.495 e. The summed E-state index contributed by atoms with van der Waals surface area (Å²) in [5.41, 5.74) is 1.75. The van der Waals surface area contributed by atoms with E-state index in [1.165, 1.54) is 0 Å². The quantitative estimate of drug-likeness (QED) is 0.643. The molecule has 1 aromatic heterocycles. The van der Waals surface area contributed by atoms with Crippen molar-refractivity contribution in [2.24, 2.45) is 5.92 Å². The molecule has 0 bridgehead atoms. The zero-order valence-corrected chi connectivity index (χ0v) is 18.2. The molecule has 0 saturated heterocycles. The SMILES string of the molecule is COc1ccc(C)cc1NC(=O)NC[C@H]1CC[C@@H](Nc2nccc(N(C)C)n2)CC1. The van der Waals surface area contributed by atoms with Crippen LogP contribution in [-0.2, 0) is 0 Å². The maximum Gasteiger partial charge on any atom is 0.319 e. The molecule has 1 aliphatic rings. The maximum atomic E-state index is 12.3. The van der Waals surface area contributed by atoms with Crippen LogP contribution >= 0.6 is 0 Å². The molecule has 0 atom stereocenters. The highest BCUT2D eigenvalue weighted by molar-refractivity contribution is 5.91. The molecular formula is C22H32N6O2. The minimum absolute atomic E-state index is 0.201. The van der Waals surface area contributed by atoms with Crippen molar-refractivity contribution >= 4 is 23.5 Å². The number of aryl methyl sites for hydroxylation is 1. The molecule has 1 aliphatic carbocycles. The Hall–Kier alpha value is -3.03. The van der Waals surface area contributed by atoms with Crippen molar-refractivity contribution in [1.82, 2.24) is 15.3 Å². The third-order valence-electron chi connectivity index (χ3n) is 5.43. The fourth-order valence-corrected chi connectivity index (χ4v) is 3.68. The van der Waals surface area contributed by atoms with E-state index in [9.17, 15) is 4.79 Å². The smallest absolute Gasteiger partial charge is 0.319 e. The predicted molar refractivity (Wildman–Crippen MR) is 120 cm³/mol. The third-order valence-corrected chi connectivity index (χ3v) is 5.43. The second-order valence-corrected chi connectivity index (χ2v) is 8.03. The van der Waals surface area contributed by atoms with E-state index in [2.05, 4.69) is 25.9 Å². The highest BCUT2D eigenvalue weighted by atomic mass is 16.5. The van der Waals surface area contributed by atoms with Gasteiger partial charge in [-0.1, -0.05) is 6.07 Å². The number of benzene rings is 1. The van der Waals surface area contributed by atoms with Crippen molar-refractivity contribution < 1.29 is 9.53 Å². The zero-order chi connectivity index (χ0) is 21.5. The number of carbonyl (C=O) groups is 1. The van der Waals surface area contributed by atoms with Gasteiger partial charge in [0.25, 0.3) is 0 Å². The van der Waals surface area contributed by atoms with Crippen molar-refractivity contribution in [3.63, 3.8) is 0 Å². The van der Waals surface area contributed by atoms with Crippen LogP contribution in [0, 0.1) is 12.8 Å². The maximum absolute atomic E-state index is 12.3. The van der Waals surface area contributed by atoms with Crippen LogP contribution in [0.2, 0.25) is 0 Å². The molecule has 0 radical (unpaired) electrons. The number of amides is 2. The number of hydrogen-bond donors (Lipinski definition) is 3. The number of urea groups is 1. The fourth-order valence-electron chi connectivity index (χ4n) is 3.68. The van der Waals surface area contributed by atoms with Crippen LogP contribution < -0.4 is 25.6 Å². The summed E-state index contributed by atoms with van der Waals surface area (Å²) in [4.78, 5) is 23.1. The molecule has 2 aromatic rings. The van der Waals surface area contributed by atoms with Crippen LogP contribution in [0.4, 0.5) is 22.2 Å². The molecule has 3 N–H and O–H groups in total. The first-order valence-corrected chi connectivity index (χ1v) is 10.4. The van der Waals surface area contributed by atoms with Crippen molar-refractivity contribution in [1.29, 1.82) is 0 Å². The van der Waals surface area contributed by atoms with Gasteiger partial charge in [-0.15, -0.1) is 0 Å². The number of hydrogen-bond acceptors (Lipinski definition) is 6. The summed E-state index contributed by atoms with van der Waals surface area (Å²) >= 11 is 0. The summed E-state index contributed by atoms with van der Waals surface area (Å²) in [5.74, 6) is 2.70. The van der Waals surface area contributed by atoms with Crippen molar-refractivity contribution in [3.05, 3.63) is 36.0 Å². The average Bonchev–Trinajstić information content (AvgIpc) is 2.73. The van der Waals surface area contributed by atoms with Gasteiger partial charge in [0.1, 0.15) is 11.6 Å². The molecule has 8 heteroatoms. The topological polar surface area (TPSA) is 91.4 Å². The molecule has 2 amide bonds. The van der Waals surface area contributed by atoms with Gasteiger partial charge in [-0.2, -0.15) is 4.98 Å². The van der Waals surface area contributed by atoms with Crippen LogP contribution in [0.5, 0.6) is 5.75 Å². The Kier molecular flexibility index (Phi) is 7.32. The van der Waals surface area contributed by atoms with Crippen molar-refractivity contribution in [2.45, 2.75) is 38.6 Å². The van der Waals surface area contributed by atoms with Crippen LogP contribution in [-0.4, -0.2) is 49.8 Å². The molecule has 1 fully saturated rings. The summed E-state index contributed by atoms with van der Waals surface area (Å²) in [6, 6.07) is 7.78. The Morgan fingerprint density at radius 1 is 1.20 bits per heavy atom. The van der Waals surface area contributed by atoms with E-state index >= 15 is 0 Å². The standard InChI is InChI=1S/C22H32N6O2/c1-15-5-10-19(30-4)18(13-15)26-22(29)24-14-16-6-8-17(9-7-16)25-21-23-12-11-20(27-21)28(2)3/h5,10-13,16-17H,6-9,14H2,1-4H3,(H,23,25,27)(H2,24,26,29)/t16-,17+. The lowest BCUT2D eigenvalue weighted by atomic mass is 9.86. The van der Waals surface area contributed by atoms with E-state index in [-0.39, 0.29) is 6.03 Å². The second-order valence-electron chi connectivity index (χ2n) is 8.03. The lowest BCUT2D eigenvalue weighted by Crippen LogP contribution is -2.36. The van der Waals surface area contributed by atoms with E-state index < -0.39 is 0 Å². The number of nitrogens with one attached hydrogen (secondary N) is 3. The van der Waals surface area contributed by atoms with Gasteiger partial charge in [0, 0.05) is 32.9 Å². The van der Waals surface area contributed by atoms with Crippen molar-refractivity contribution in [2.75, 3.05) is 43.3 Å². The lowest BCUT2D eigenvalue weighted by Gasteiger charge is -2.29. The summed E-state index contributed by atoms with van der Waals surface area (Å²) in [6.07, 6.45) is 5.96. The van der Waals surface area contributed by atoms with Gasteiger partial charge in [0.15, 0.2) is 0 Å². The van der Waals surface area contributed by atoms with Gasteiger partial charge in [0.2, 0.25) is 5.95 Å². The lowest BCUT2D eigenvalue weighted by molar-refractivity contribution is 0.246. The first-order chi connectivity index (χ1) is 14.4. The molecular weight excluding hydrogens is 380 g/mol. The molecule has 0 unspecified atom stereocenters. The zero-order valence-electron chi connectivity index (χ0n) is 18.2. The summed E-state index contributed by atoms with van der Waals surface area (Å²) in [6.45, 7) is 2.65. The van der Waals surface area contributed by atoms with Crippen LogP contribution in [0.1, 0.15) is 31.2 Å². The second kappa shape index (κ2) is 10.1. The molecule has 1 aromatic carbocycles. The van der Waals surface area contributed by atoms with Gasteiger partial charge in [-0.25, -0.2) is 9.78 Å².